The van der Waals surface area contributed by atoms with Gasteiger partial charge in [0.2, 0.25) is 10.0 Å². The molecule has 0 saturated carbocycles. The van der Waals surface area contributed by atoms with Gasteiger partial charge in [-0.25, -0.2) is 12.7 Å². The Morgan fingerprint density at radius 2 is 1.55 bits per heavy atom. The number of amides is 1. The molecule has 0 spiro atoms. The topological polar surface area (TPSA) is 66.5 Å². The molecule has 0 radical (unpaired) electrons. The summed E-state index contributed by atoms with van der Waals surface area (Å²) in [5, 5.41) is 2.93. The average Bonchev–Trinajstić information content (AvgIpc) is 3.24. The first-order valence-corrected chi connectivity index (χ1v) is 11.9. The van der Waals surface area contributed by atoms with Gasteiger partial charge in [-0.05, 0) is 54.0 Å². The van der Waals surface area contributed by atoms with E-state index in [2.05, 4.69) is 43.4 Å². The smallest absolute Gasteiger partial charge is 0.251 e. The van der Waals surface area contributed by atoms with E-state index in [9.17, 15) is 13.2 Å². The van der Waals surface area contributed by atoms with Crippen molar-refractivity contribution in [3.63, 3.8) is 0 Å². The number of hydrogen-bond acceptors (Lipinski definition) is 3. The number of nitrogens with one attached hydrogen (secondary N) is 1. The Labute approximate surface area is 174 Å². The van der Waals surface area contributed by atoms with Crippen LogP contribution in [0.1, 0.15) is 59.7 Å². The number of carbonyl (C=O) groups is 1. The Morgan fingerprint density at radius 1 is 0.966 bits per heavy atom. The molecule has 1 amide bonds. The van der Waals surface area contributed by atoms with Crippen molar-refractivity contribution in [2.24, 2.45) is 0 Å². The second-order valence-electron chi connectivity index (χ2n) is 7.96. The molecule has 0 unspecified atom stereocenters. The van der Waals surface area contributed by atoms with E-state index in [-0.39, 0.29) is 11.7 Å². The Hall–Kier alpha value is -2.18. The maximum absolute atomic E-state index is 12.4. The van der Waals surface area contributed by atoms with Crippen LogP contribution in [0.2, 0.25) is 0 Å². The molecule has 29 heavy (non-hydrogen) atoms. The molecule has 0 bridgehead atoms. The second-order valence-corrected chi connectivity index (χ2v) is 9.93. The Morgan fingerprint density at radius 3 is 2.14 bits per heavy atom. The summed E-state index contributed by atoms with van der Waals surface area (Å²) in [6.45, 7) is 6.13. The summed E-state index contributed by atoms with van der Waals surface area (Å²) < 4.78 is 26.4. The number of sulfonamides is 1. The zero-order valence-corrected chi connectivity index (χ0v) is 18.0. The van der Waals surface area contributed by atoms with Crippen LogP contribution in [0, 0.1) is 0 Å². The first-order chi connectivity index (χ1) is 13.8. The number of hydrogen-bond donors (Lipinski definition) is 1. The predicted octanol–water partition coefficient (Wildman–Crippen LogP) is 3.71. The van der Waals surface area contributed by atoms with Crippen molar-refractivity contribution in [3.05, 3.63) is 70.8 Å². The Balaban J connectivity index is 1.49. The highest BCUT2D eigenvalue weighted by atomic mass is 32.2. The van der Waals surface area contributed by atoms with Crippen molar-refractivity contribution in [1.29, 1.82) is 0 Å². The molecule has 156 valence electrons. The van der Waals surface area contributed by atoms with E-state index in [1.165, 1.54) is 11.1 Å². The summed E-state index contributed by atoms with van der Waals surface area (Å²) in [5.41, 5.74) is 3.75. The van der Waals surface area contributed by atoms with Gasteiger partial charge < -0.3 is 5.32 Å². The highest BCUT2D eigenvalue weighted by molar-refractivity contribution is 7.88. The normalized spacial score (nSPS) is 15.0. The molecule has 0 aliphatic carbocycles. The molecular weight excluding hydrogens is 384 g/mol. The fourth-order valence-electron chi connectivity index (χ4n) is 3.51. The van der Waals surface area contributed by atoms with Crippen LogP contribution in [-0.4, -0.2) is 38.3 Å². The predicted molar refractivity (Wildman–Crippen MR) is 116 cm³/mol. The first kappa shape index (κ1) is 21.5. The van der Waals surface area contributed by atoms with Crippen LogP contribution < -0.4 is 5.32 Å². The highest BCUT2D eigenvalue weighted by Crippen LogP contribution is 2.18. The number of rotatable bonds is 8. The summed E-state index contributed by atoms with van der Waals surface area (Å²) >= 11 is 0. The van der Waals surface area contributed by atoms with Crippen LogP contribution in [0.5, 0.6) is 0 Å². The van der Waals surface area contributed by atoms with Crippen LogP contribution in [-0.2, 0) is 22.2 Å². The number of benzene rings is 2. The molecule has 1 aliphatic heterocycles. The second kappa shape index (κ2) is 9.55. The van der Waals surface area contributed by atoms with Gasteiger partial charge in [0.15, 0.2) is 0 Å². The van der Waals surface area contributed by atoms with E-state index in [0.717, 1.165) is 19.3 Å². The third-order valence-corrected chi connectivity index (χ3v) is 7.22. The molecule has 1 fully saturated rings. The van der Waals surface area contributed by atoms with Crippen LogP contribution in [0.25, 0.3) is 0 Å². The van der Waals surface area contributed by atoms with Gasteiger partial charge in [0.05, 0.1) is 5.75 Å². The molecule has 6 heteroatoms. The van der Waals surface area contributed by atoms with Crippen LogP contribution >= 0.6 is 0 Å². The molecule has 2 aromatic rings. The van der Waals surface area contributed by atoms with E-state index in [0.29, 0.717) is 36.7 Å². The van der Waals surface area contributed by atoms with Gasteiger partial charge >= 0.3 is 0 Å². The monoisotopic (exact) mass is 414 g/mol. The molecule has 2 aromatic carbocycles. The van der Waals surface area contributed by atoms with Crippen LogP contribution in [0.4, 0.5) is 0 Å². The minimum Gasteiger partial charge on any atom is -0.352 e. The van der Waals surface area contributed by atoms with E-state index in [4.69, 9.17) is 0 Å². The summed E-state index contributed by atoms with van der Waals surface area (Å²) in [5.74, 6) is 0.358. The molecular formula is C23H30N2O3S. The molecule has 1 saturated heterocycles. The van der Waals surface area contributed by atoms with Gasteiger partial charge in [-0.3, -0.25) is 4.79 Å². The van der Waals surface area contributed by atoms with Gasteiger partial charge in [0.25, 0.3) is 5.91 Å². The fourth-order valence-corrected chi connectivity index (χ4v) is 5.12. The summed E-state index contributed by atoms with van der Waals surface area (Å²) in [7, 11) is -3.27. The van der Waals surface area contributed by atoms with Crippen molar-refractivity contribution in [1.82, 2.24) is 9.62 Å². The molecule has 1 heterocycles. The van der Waals surface area contributed by atoms with Gasteiger partial charge in [-0.15, -0.1) is 0 Å². The minimum absolute atomic E-state index is 0.0126. The SMILES string of the molecule is CC(C)c1ccc(CCNC(=O)c2ccc(CS(=O)(=O)N3CCCC3)cc2)cc1. The zero-order chi connectivity index (χ0) is 20.9. The van der Waals surface area contributed by atoms with Crippen LogP contribution in [0.3, 0.4) is 0 Å². The maximum atomic E-state index is 12.4. The Kier molecular flexibility index (Phi) is 7.09. The van der Waals surface area contributed by atoms with Crippen molar-refractivity contribution < 1.29 is 13.2 Å². The first-order valence-electron chi connectivity index (χ1n) is 10.3. The lowest BCUT2D eigenvalue weighted by Gasteiger charge is -2.15. The third-order valence-electron chi connectivity index (χ3n) is 5.37. The standard InChI is InChI=1S/C23H30N2O3S/c1-18(2)21-9-5-19(6-10-21)13-14-24-23(26)22-11-7-20(8-12-22)17-29(27,28)25-15-3-4-16-25/h5-12,18H,3-4,13-17H2,1-2H3,(H,24,26). The molecule has 3 rings (SSSR count). The van der Waals surface area contributed by atoms with Gasteiger partial charge in [-0.2, -0.15) is 0 Å². The lowest BCUT2D eigenvalue weighted by Crippen LogP contribution is -2.29. The highest BCUT2D eigenvalue weighted by Gasteiger charge is 2.25. The van der Waals surface area contributed by atoms with E-state index in [1.54, 1.807) is 28.6 Å². The maximum Gasteiger partial charge on any atom is 0.251 e. The summed E-state index contributed by atoms with van der Waals surface area (Å²) in [4.78, 5) is 12.3. The fraction of sp³-hybridized carbons (Fsp3) is 0.435. The number of nitrogens with zero attached hydrogens (tertiary/aromatic N) is 1. The third kappa shape index (κ3) is 5.90. The lowest BCUT2D eigenvalue weighted by molar-refractivity contribution is 0.0954. The molecule has 0 atom stereocenters. The summed E-state index contributed by atoms with van der Waals surface area (Å²) in [6, 6.07) is 15.3. The molecule has 5 nitrogen and oxygen atoms in total. The van der Waals surface area contributed by atoms with Crippen LogP contribution in [0.15, 0.2) is 48.5 Å². The zero-order valence-electron chi connectivity index (χ0n) is 17.2. The lowest BCUT2D eigenvalue weighted by atomic mass is 10.0. The molecule has 1 aliphatic rings. The van der Waals surface area contributed by atoms with Crippen molar-refractivity contribution in [2.75, 3.05) is 19.6 Å². The minimum atomic E-state index is -3.27. The van der Waals surface area contributed by atoms with Crippen molar-refractivity contribution >= 4 is 15.9 Å². The quantitative estimate of drug-likeness (QED) is 0.716. The molecule has 0 aromatic heterocycles. The average molecular weight is 415 g/mol. The van der Waals surface area contributed by atoms with Gasteiger partial charge in [-0.1, -0.05) is 50.2 Å². The van der Waals surface area contributed by atoms with E-state index >= 15 is 0 Å². The van der Waals surface area contributed by atoms with Crippen molar-refractivity contribution in [3.8, 4) is 0 Å². The molecule has 1 N–H and O–H groups in total. The Bertz CT molecular complexity index is 914. The number of carbonyl (C=O) groups excluding carboxylic acids is 1. The van der Waals surface area contributed by atoms with Gasteiger partial charge in [0.1, 0.15) is 0 Å². The summed E-state index contributed by atoms with van der Waals surface area (Å²) in [6.07, 6.45) is 2.64. The van der Waals surface area contributed by atoms with Gasteiger partial charge in [0, 0.05) is 25.2 Å². The van der Waals surface area contributed by atoms with E-state index in [1.807, 2.05) is 0 Å². The largest absolute Gasteiger partial charge is 0.352 e. The van der Waals surface area contributed by atoms with Crippen molar-refractivity contribution in [2.45, 2.75) is 44.8 Å². The van der Waals surface area contributed by atoms with E-state index < -0.39 is 10.0 Å².